The molecule has 8 heteroatoms. The van der Waals surface area contributed by atoms with Gasteiger partial charge in [-0.3, -0.25) is 4.79 Å². The van der Waals surface area contributed by atoms with Crippen molar-refractivity contribution in [1.82, 2.24) is 9.88 Å². The molecule has 3 rings (SSSR count). The van der Waals surface area contributed by atoms with Crippen molar-refractivity contribution in [2.45, 2.75) is 44.6 Å². The molecule has 1 aromatic carbocycles. The lowest BCUT2D eigenvalue weighted by molar-refractivity contribution is -0.118. The Kier molecular flexibility index (Phi) is 4.91. The van der Waals surface area contributed by atoms with Crippen molar-refractivity contribution in [3.8, 4) is 0 Å². The van der Waals surface area contributed by atoms with E-state index in [0.29, 0.717) is 25.1 Å². The molecule has 0 fully saturated rings. The van der Waals surface area contributed by atoms with Crippen LogP contribution in [0.4, 0.5) is 5.69 Å². The maximum atomic E-state index is 12.5. The van der Waals surface area contributed by atoms with E-state index in [1.807, 2.05) is 13.8 Å². The molecule has 0 unspecified atom stereocenters. The number of aryl methyl sites for hydroxylation is 1. The summed E-state index contributed by atoms with van der Waals surface area (Å²) in [6.07, 6.45) is 1.82. The second kappa shape index (κ2) is 6.97. The third-order valence-electron chi connectivity index (χ3n) is 4.27. The average molecular weight is 363 g/mol. The monoisotopic (exact) mass is 363 g/mol. The number of hydrogen-bond donors (Lipinski definition) is 1. The van der Waals surface area contributed by atoms with Crippen molar-refractivity contribution >= 4 is 21.6 Å². The number of nitrogens with one attached hydrogen (secondary N) is 1. The highest BCUT2D eigenvalue weighted by Gasteiger charge is 2.25. The van der Waals surface area contributed by atoms with Crippen LogP contribution in [0, 0.1) is 0 Å². The number of fused-ring (bicyclic) bond motifs is 1. The van der Waals surface area contributed by atoms with E-state index in [0.717, 1.165) is 23.4 Å². The number of hydrogen-bond acceptors (Lipinski definition) is 5. The minimum absolute atomic E-state index is 0.0459. The molecule has 1 aliphatic heterocycles. The lowest BCUT2D eigenvalue weighted by atomic mass is 10.2. The Bertz CT molecular complexity index is 889. The molecule has 134 valence electrons. The molecular weight excluding hydrogens is 342 g/mol. The van der Waals surface area contributed by atoms with Crippen LogP contribution < -0.4 is 9.62 Å². The van der Waals surface area contributed by atoms with Crippen molar-refractivity contribution in [2.75, 3.05) is 11.4 Å². The first kappa shape index (κ1) is 17.6. The summed E-state index contributed by atoms with van der Waals surface area (Å²) >= 11 is 0. The maximum Gasteiger partial charge on any atom is 0.240 e. The van der Waals surface area contributed by atoms with E-state index < -0.39 is 10.0 Å². The summed E-state index contributed by atoms with van der Waals surface area (Å²) in [5.41, 5.74) is 2.46. The van der Waals surface area contributed by atoms with Gasteiger partial charge in [-0.15, -0.1) is 0 Å². The predicted octanol–water partition coefficient (Wildman–Crippen LogP) is 2.01. The number of anilines is 1. The summed E-state index contributed by atoms with van der Waals surface area (Å²) in [6, 6.07) is 6.60. The molecule has 7 nitrogen and oxygen atoms in total. The fourth-order valence-corrected chi connectivity index (χ4v) is 3.89. The number of carbonyl (C=O) groups is 1. The largest absolute Gasteiger partial charge is 0.360 e. The van der Waals surface area contributed by atoms with Crippen LogP contribution >= 0.6 is 0 Å². The van der Waals surface area contributed by atoms with Gasteiger partial charge in [0.15, 0.2) is 5.76 Å². The Morgan fingerprint density at radius 2 is 2.12 bits per heavy atom. The predicted molar refractivity (Wildman–Crippen MR) is 92.7 cm³/mol. The Morgan fingerprint density at radius 1 is 1.32 bits per heavy atom. The minimum atomic E-state index is -3.66. The highest BCUT2D eigenvalue weighted by molar-refractivity contribution is 7.89. The first-order chi connectivity index (χ1) is 11.9. The van der Waals surface area contributed by atoms with Crippen LogP contribution in [-0.4, -0.2) is 26.0 Å². The molecule has 0 spiro atoms. The molecule has 1 aliphatic rings. The number of benzene rings is 1. The van der Waals surface area contributed by atoms with Crippen LogP contribution in [0.3, 0.4) is 0 Å². The lowest BCUT2D eigenvalue weighted by Gasteiger charge is -2.16. The van der Waals surface area contributed by atoms with E-state index in [2.05, 4.69) is 9.88 Å². The molecular formula is C17H21N3O4S. The number of sulfonamides is 1. The second-order valence-electron chi connectivity index (χ2n) is 5.90. The fourth-order valence-electron chi connectivity index (χ4n) is 2.85. The summed E-state index contributed by atoms with van der Waals surface area (Å²) in [6.45, 7) is 4.41. The quantitative estimate of drug-likeness (QED) is 0.847. The minimum Gasteiger partial charge on any atom is -0.360 e. The Hall–Kier alpha value is -2.19. The highest BCUT2D eigenvalue weighted by atomic mass is 32.2. The van der Waals surface area contributed by atoms with Crippen LogP contribution in [0.5, 0.6) is 0 Å². The molecule has 1 amide bonds. The summed E-state index contributed by atoms with van der Waals surface area (Å²) < 4.78 is 32.6. The Labute approximate surface area is 147 Å². The van der Waals surface area contributed by atoms with Gasteiger partial charge in [-0.25, -0.2) is 13.1 Å². The maximum absolute atomic E-state index is 12.5. The number of rotatable bonds is 6. The van der Waals surface area contributed by atoms with Gasteiger partial charge >= 0.3 is 0 Å². The summed E-state index contributed by atoms with van der Waals surface area (Å²) in [5.74, 6) is 0.519. The van der Waals surface area contributed by atoms with E-state index in [9.17, 15) is 13.2 Å². The van der Waals surface area contributed by atoms with Crippen LogP contribution in [0.2, 0.25) is 0 Å². The zero-order chi connectivity index (χ0) is 18.0. The number of aromatic nitrogens is 1. The first-order valence-corrected chi connectivity index (χ1v) is 9.80. The SMILES string of the molecule is CCC(=O)N1CCc2cc(S(=O)(=O)NCc3cc(CC)no3)ccc21. The molecule has 0 saturated carbocycles. The van der Waals surface area contributed by atoms with Crippen LogP contribution in [0.25, 0.3) is 0 Å². The van der Waals surface area contributed by atoms with E-state index >= 15 is 0 Å². The molecule has 1 aromatic heterocycles. The van der Waals surface area contributed by atoms with Crippen molar-refractivity contribution in [3.05, 3.63) is 41.3 Å². The molecule has 2 aromatic rings. The number of amides is 1. The van der Waals surface area contributed by atoms with Gasteiger partial charge in [-0.1, -0.05) is 19.0 Å². The van der Waals surface area contributed by atoms with Gasteiger partial charge in [0.1, 0.15) is 0 Å². The van der Waals surface area contributed by atoms with Crippen molar-refractivity contribution in [1.29, 1.82) is 0 Å². The van der Waals surface area contributed by atoms with E-state index in [1.54, 1.807) is 23.1 Å². The van der Waals surface area contributed by atoms with Crippen LogP contribution in [-0.2, 0) is 34.2 Å². The van der Waals surface area contributed by atoms with Crippen molar-refractivity contribution < 1.29 is 17.7 Å². The van der Waals surface area contributed by atoms with Gasteiger partial charge in [0.25, 0.3) is 0 Å². The van der Waals surface area contributed by atoms with Gasteiger partial charge in [-0.2, -0.15) is 0 Å². The van der Waals surface area contributed by atoms with E-state index in [1.165, 1.54) is 6.07 Å². The molecule has 1 N–H and O–H groups in total. The summed E-state index contributed by atoms with van der Waals surface area (Å²) in [4.78, 5) is 13.8. The second-order valence-corrected chi connectivity index (χ2v) is 7.67. The first-order valence-electron chi connectivity index (χ1n) is 8.32. The third-order valence-corrected chi connectivity index (χ3v) is 5.67. The smallest absolute Gasteiger partial charge is 0.240 e. The molecule has 25 heavy (non-hydrogen) atoms. The van der Waals surface area contributed by atoms with Crippen LogP contribution in [0.1, 0.15) is 37.3 Å². The van der Waals surface area contributed by atoms with E-state index in [4.69, 9.17) is 4.52 Å². The summed E-state index contributed by atoms with van der Waals surface area (Å²) in [7, 11) is -3.66. The molecule has 2 heterocycles. The van der Waals surface area contributed by atoms with Crippen molar-refractivity contribution in [3.63, 3.8) is 0 Å². The molecule has 0 saturated heterocycles. The van der Waals surface area contributed by atoms with Gasteiger partial charge < -0.3 is 9.42 Å². The number of carbonyl (C=O) groups excluding carboxylic acids is 1. The van der Waals surface area contributed by atoms with Gasteiger partial charge in [0.05, 0.1) is 17.1 Å². The lowest BCUT2D eigenvalue weighted by Crippen LogP contribution is -2.27. The normalized spacial score (nSPS) is 13.9. The highest BCUT2D eigenvalue weighted by Crippen LogP contribution is 2.30. The zero-order valence-electron chi connectivity index (χ0n) is 14.3. The molecule has 0 aliphatic carbocycles. The summed E-state index contributed by atoms with van der Waals surface area (Å²) in [5, 5.41) is 3.84. The average Bonchev–Trinajstić information content (AvgIpc) is 3.25. The number of nitrogens with zero attached hydrogens (tertiary/aromatic N) is 2. The Morgan fingerprint density at radius 3 is 2.80 bits per heavy atom. The zero-order valence-corrected chi connectivity index (χ0v) is 15.1. The topological polar surface area (TPSA) is 92.5 Å². The standard InChI is InChI=1S/C17H21N3O4S/c1-3-13-10-14(24-19-13)11-18-25(22,23)15-5-6-16-12(9-15)7-8-20(16)17(21)4-2/h5-6,9-10,18H,3-4,7-8,11H2,1-2H3. The Balaban J connectivity index is 1.76. The van der Waals surface area contributed by atoms with Gasteiger partial charge in [0.2, 0.25) is 15.9 Å². The molecule has 0 radical (unpaired) electrons. The van der Waals surface area contributed by atoms with E-state index in [-0.39, 0.29) is 17.3 Å². The van der Waals surface area contributed by atoms with Gasteiger partial charge in [0, 0.05) is 24.7 Å². The third kappa shape index (κ3) is 3.59. The molecule has 0 atom stereocenters. The van der Waals surface area contributed by atoms with Crippen LogP contribution in [0.15, 0.2) is 33.7 Å². The van der Waals surface area contributed by atoms with Crippen molar-refractivity contribution in [2.24, 2.45) is 0 Å². The molecule has 0 bridgehead atoms. The fraction of sp³-hybridized carbons (Fsp3) is 0.412. The van der Waals surface area contributed by atoms with Gasteiger partial charge in [-0.05, 0) is 36.6 Å².